The van der Waals surface area contributed by atoms with Gasteiger partial charge in [-0.15, -0.1) is 0 Å². The normalized spacial score (nSPS) is 15.5. The summed E-state index contributed by atoms with van der Waals surface area (Å²) in [5.41, 5.74) is 1.24. The van der Waals surface area contributed by atoms with E-state index in [1.165, 1.54) is 48.2 Å². The average molecular weight is 482 g/mol. The lowest BCUT2D eigenvalue weighted by molar-refractivity contribution is -0.115. The summed E-state index contributed by atoms with van der Waals surface area (Å²) in [4.78, 5) is 28.1. The first-order valence-corrected chi connectivity index (χ1v) is 11.0. The van der Waals surface area contributed by atoms with E-state index in [4.69, 9.17) is 19.0 Å². The molecule has 34 heavy (non-hydrogen) atoms. The molecule has 1 fully saturated rings. The monoisotopic (exact) mass is 482 g/mol. The third-order valence-electron chi connectivity index (χ3n) is 4.52. The molecule has 174 valence electrons. The molecular formula is C24H19FN2O6S. The van der Waals surface area contributed by atoms with Crippen molar-refractivity contribution in [3.05, 3.63) is 82.4 Å². The van der Waals surface area contributed by atoms with Crippen LogP contribution in [0.1, 0.15) is 28.8 Å². The molecule has 1 aromatic heterocycles. The van der Waals surface area contributed by atoms with Gasteiger partial charge in [-0.25, -0.2) is 14.2 Å². The van der Waals surface area contributed by atoms with Crippen molar-refractivity contribution in [3.8, 4) is 11.5 Å². The standard InChI is InChI=1S/C24H19FN2O6S/c1-2-31-20-11-14(3-9-18(20)32-13-17-8-10-19(33-17)23(29)30)12-21-22(28)27-24(34-21)26-16-6-4-15(25)5-7-16/h3-12H,2,13H2,1H3,(H,29,30)(H,26,27,28). The molecule has 2 N–H and O–H groups in total. The molecule has 3 aromatic rings. The molecule has 1 aliphatic rings. The molecule has 0 aliphatic carbocycles. The number of hydrogen-bond acceptors (Lipinski definition) is 7. The fraction of sp³-hybridized carbons (Fsp3) is 0.125. The van der Waals surface area contributed by atoms with E-state index in [1.807, 2.05) is 6.92 Å². The number of rotatable bonds is 8. The highest BCUT2D eigenvalue weighted by atomic mass is 32.2. The van der Waals surface area contributed by atoms with Crippen LogP contribution in [0.4, 0.5) is 10.1 Å². The predicted octanol–water partition coefficient (Wildman–Crippen LogP) is 4.99. The van der Waals surface area contributed by atoms with Gasteiger partial charge in [0.1, 0.15) is 18.2 Å². The summed E-state index contributed by atoms with van der Waals surface area (Å²) in [6.45, 7) is 2.25. The van der Waals surface area contributed by atoms with E-state index < -0.39 is 5.97 Å². The van der Waals surface area contributed by atoms with Gasteiger partial charge in [0, 0.05) is 0 Å². The molecule has 0 saturated carbocycles. The zero-order valence-electron chi connectivity index (χ0n) is 17.9. The number of benzene rings is 2. The number of nitrogens with one attached hydrogen (secondary N) is 1. The van der Waals surface area contributed by atoms with Crippen LogP contribution in [0.5, 0.6) is 11.5 Å². The second-order valence-corrected chi connectivity index (χ2v) is 7.99. The van der Waals surface area contributed by atoms with Crippen LogP contribution in [0.3, 0.4) is 0 Å². The molecule has 1 saturated heterocycles. The Labute approximate surface area is 198 Å². The number of furan rings is 1. The number of carbonyl (C=O) groups excluding carboxylic acids is 1. The maximum atomic E-state index is 13.1. The van der Waals surface area contributed by atoms with Crippen LogP contribution in [0.15, 0.2) is 68.9 Å². The molecule has 0 unspecified atom stereocenters. The van der Waals surface area contributed by atoms with Gasteiger partial charge < -0.3 is 24.3 Å². The minimum atomic E-state index is -1.15. The molecular weight excluding hydrogens is 463 g/mol. The van der Waals surface area contributed by atoms with Crippen molar-refractivity contribution in [2.75, 3.05) is 6.61 Å². The van der Waals surface area contributed by atoms with Crippen molar-refractivity contribution in [1.82, 2.24) is 5.32 Å². The summed E-state index contributed by atoms with van der Waals surface area (Å²) < 4.78 is 29.7. The lowest BCUT2D eigenvalue weighted by atomic mass is 10.2. The van der Waals surface area contributed by atoms with Gasteiger partial charge >= 0.3 is 5.97 Å². The molecule has 0 atom stereocenters. The van der Waals surface area contributed by atoms with Crippen molar-refractivity contribution >= 4 is 40.6 Å². The maximum absolute atomic E-state index is 13.1. The van der Waals surface area contributed by atoms with Gasteiger partial charge in [0.05, 0.1) is 17.2 Å². The summed E-state index contributed by atoms with van der Waals surface area (Å²) in [6.07, 6.45) is 1.70. The van der Waals surface area contributed by atoms with Crippen molar-refractivity contribution in [1.29, 1.82) is 0 Å². The molecule has 0 radical (unpaired) electrons. The van der Waals surface area contributed by atoms with E-state index in [2.05, 4.69) is 10.3 Å². The summed E-state index contributed by atoms with van der Waals surface area (Å²) in [6, 6.07) is 13.7. The molecule has 8 nitrogen and oxygen atoms in total. The fourth-order valence-corrected chi connectivity index (χ4v) is 3.83. The van der Waals surface area contributed by atoms with E-state index in [0.29, 0.717) is 45.2 Å². The minimum Gasteiger partial charge on any atom is -0.490 e. The summed E-state index contributed by atoms with van der Waals surface area (Å²) in [5, 5.41) is 12.0. The van der Waals surface area contributed by atoms with Crippen molar-refractivity contribution in [3.63, 3.8) is 0 Å². The summed E-state index contributed by atoms with van der Waals surface area (Å²) in [7, 11) is 0. The number of amidine groups is 1. The Bertz CT molecular complexity index is 1280. The number of halogens is 1. The minimum absolute atomic E-state index is 0.0231. The molecule has 2 aromatic carbocycles. The Balaban J connectivity index is 1.49. The first-order valence-electron chi connectivity index (χ1n) is 10.2. The number of thioether (sulfide) groups is 1. The number of carbonyl (C=O) groups is 2. The van der Waals surface area contributed by atoms with Gasteiger partial charge in [-0.2, -0.15) is 0 Å². The molecule has 4 rings (SSSR count). The second-order valence-electron chi connectivity index (χ2n) is 6.96. The zero-order chi connectivity index (χ0) is 24.1. The van der Waals surface area contributed by atoms with Gasteiger partial charge in [-0.1, -0.05) is 6.07 Å². The van der Waals surface area contributed by atoms with E-state index in [-0.39, 0.29) is 24.1 Å². The van der Waals surface area contributed by atoms with E-state index >= 15 is 0 Å². The van der Waals surface area contributed by atoms with Gasteiger partial charge in [0.15, 0.2) is 16.7 Å². The largest absolute Gasteiger partial charge is 0.490 e. The maximum Gasteiger partial charge on any atom is 0.371 e. The van der Waals surface area contributed by atoms with Crippen LogP contribution in [0.25, 0.3) is 6.08 Å². The highest BCUT2D eigenvalue weighted by molar-refractivity contribution is 8.18. The van der Waals surface area contributed by atoms with Crippen LogP contribution >= 0.6 is 11.8 Å². The number of aromatic carboxylic acids is 1. The Morgan fingerprint density at radius 2 is 1.94 bits per heavy atom. The van der Waals surface area contributed by atoms with Gasteiger partial charge in [0.25, 0.3) is 5.91 Å². The predicted molar refractivity (Wildman–Crippen MR) is 125 cm³/mol. The van der Waals surface area contributed by atoms with Crippen LogP contribution in [-0.4, -0.2) is 28.8 Å². The van der Waals surface area contributed by atoms with Crippen molar-refractivity contribution < 1.29 is 33.0 Å². The molecule has 1 aliphatic heterocycles. The Morgan fingerprint density at radius 3 is 2.65 bits per heavy atom. The van der Waals surface area contributed by atoms with Crippen LogP contribution in [-0.2, 0) is 11.4 Å². The number of ether oxygens (including phenoxy) is 2. The number of carboxylic acid groups (broad SMARTS) is 1. The lowest BCUT2D eigenvalue weighted by Gasteiger charge is -2.12. The third kappa shape index (κ3) is 5.65. The van der Waals surface area contributed by atoms with Crippen LogP contribution in [0, 0.1) is 5.82 Å². The highest BCUT2D eigenvalue weighted by Crippen LogP contribution is 2.33. The number of amides is 1. The number of nitrogens with zero attached hydrogens (tertiary/aromatic N) is 1. The molecule has 2 heterocycles. The Morgan fingerprint density at radius 1 is 1.15 bits per heavy atom. The fourth-order valence-electron chi connectivity index (χ4n) is 2.99. The molecule has 0 spiro atoms. The third-order valence-corrected chi connectivity index (χ3v) is 5.43. The number of hydrogen-bond donors (Lipinski definition) is 2. The number of aliphatic imine (C=N–C) groups is 1. The van der Waals surface area contributed by atoms with Gasteiger partial charge in [-0.05, 0) is 78.9 Å². The first kappa shape index (κ1) is 23.1. The summed E-state index contributed by atoms with van der Waals surface area (Å²) >= 11 is 1.17. The first-order chi connectivity index (χ1) is 16.4. The molecule has 1 amide bonds. The zero-order valence-corrected chi connectivity index (χ0v) is 18.7. The number of carboxylic acids is 1. The Kier molecular flexibility index (Phi) is 6.98. The van der Waals surface area contributed by atoms with E-state index in [0.717, 1.165) is 0 Å². The quantitative estimate of drug-likeness (QED) is 0.436. The van der Waals surface area contributed by atoms with E-state index in [1.54, 1.807) is 24.3 Å². The highest BCUT2D eigenvalue weighted by Gasteiger charge is 2.24. The smallest absolute Gasteiger partial charge is 0.371 e. The summed E-state index contributed by atoms with van der Waals surface area (Å²) in [5.74, 6) is -0.711. The van der Waals surface area contributed by atoms with E-state index in [9.17, 15) is 14.0 Å². The van der Waals surface area contributed by atoms with Gasteiger partial charge in [0.2, 0.25) is 5.76 Å². The SMILES string of the molecule is CCOc1cc(C=C2SC(=Nc3ccc(F)cc3)NC2=O)ccc1OCc1ccc(C(=O)O)o1. The van der Waals surface area contributed by atoms with Crippen LogP contribution < -0.4 is 14.8 Å². The molecule has 0 bridgehead atoms. The van der Waals surface area contributed by atoms with Gasteiger partial charge in [-0.3, -0.25) is 4.79 Å². The molecule has 10 heteroatoms. The van der Waals surface area contributed by atoms with Crippen molar-refractivity contribution in [2.45, 2.75) is 13.5 Å². The second kappa shape index (κ2) is 10.3. The lowest BCUT2D eigenvalue weighted by Crippen LogP contribution is -2.19. The van der Waals surface area contributed by atoms with Crippen molar-refractivity contribution in [2.24, 2.45) is 4.99 Å². The average Bonchev–Trinajstić information content (AvgIpc) is 3.42. The Hall–Kier alpha value is -4.05. The van der Waals surface area contributed by atoms with Crippen LogP contribution in [0.2, 0.25) is 0 Å². The topological polar surface area (TPSA) is 110 Å².